The van der Waals surface area contributed by atoms with E-state index >= 15 is 0 Å². The van der Waals surface area contributed by atoms with Gasteiger partial charge in [0.05, 0.1) is 5.56 Å². The molecule has 0 aliphatic carbocycles. The van der Waals surface area contributed by atoms with Gasteiger partial charge in [-0.3, -0.25) is 0 Å². The van der Waals surface area contributed by atoms with Crippen molar-refractivity contribution in [1.82, 2.24) is 5.32 Å². The summed E-state index contributed by atoms with van der Waals surface area (Å²) in [6, 6.07) is 2.03. The molecule has 20 heavy (non-hydrogen) atoms. The number of carbonyl (C=O) groups is 2. The number of carboxylic acids is 1. The van der Waals surface area contributed by atoms with Gasteiger partial charge in [0, 0.05) is 12.1 Å². The largest absolute Gasteiger partial charge is 0.478 e. The minimum Gasteiger partial charge on any atom is -0.478 e. The Balaban J connectivity index is 2.78. The highest BCUT2D eigenvalue weighted by Gasteiger charge is 2.19. The van der Waals surface area contributed by atoms with Crippen LogP contribution in [0.4, 0.5) is 13.6 Å². The number of hydrogen-bond acceptors (Lipinski definition) is 3. The molecule has 0 aliphatic rings. The smallest absolute Gasteiger partial charge is 0.407 e. The van der Waals surface area contributed by atoms with Crippen LogP contribution in [0.5, 0.6) is 0 Å². The molecule has 2 N–H and O–H groups in total. The van der Waals surface area contributed by atoms with E-state index < -0.39 is 34.9 Å². The van der Waals surface area contributed by atoms with E-state index in [1.54, 1.807) is 20.8 Å². The molecule has 1 aromatic rings. The van der Waals surface area contributed by atoms with Crippen molar-refractivity contribution in [2.45, 2.75) is 32.9 Å². The molecule has 0 fully saturated rings. The maximum absolute atomic E-state index is 13.6. The van der Waals surface area contributed by atoms with Crippen LogP contribution in [0.3, 0.4) is 0 Å². The standard InChI is InChI=1S/C13H15F2NO4/c1-13(2,3)20-12(19)16-6-7-4-5-8(11(17)18)10(15)9(7)14/h4-5H,6H2,1-3H3,(H,16,19)(H,17,18). The molecular weight excluding hydrogens is 272 g/mol. The van der Waals surface area contributed by atoms with Gasteiger partial charge in [0.1, 0.15) is 5.60 Å². The molecule has 0 heterocycles. The maximum atomic E-state index is 13.6. The van der Waals surface area contributed by atoms with Gasteiger partial charge >= 0.3 is 12.1 Å². The number of carboxylic acid groups (broad SMARTS) is 1. The van der Waals surface area contributed by atoms with Gasteiger partial charge in [0.2, 0.25) is 0 Å². The Hall–Kier alpha value is -2.18. The second-order valence-corrected chi connectivity index (χ2v) is 5.06. The average molecular weight is 287 g/mol. The van der Waals surface area contributed by atoms with Gasteiger partial charge in [-0.05, 0) is 26.8 Å². The molecule has 0 atom stereocenters. The summed E-state index contributed by atoms with van der Waals surface area (Å²) in [6.07, 6.45) is -0.778. The third kappa shape index (κ3) is 4.18. The summed E-state index contributed by atoms with van der Waals surface area (Å²) in [7, 11) is 0. The number of benzene rings is 1. The van der Waals surface area contributed by atoms with Crippen molar-refractivity contribution in [2.75, 3.05) is 0 Å². The van der Waals surface area contributed by atoms with Gasteiger partial charge < -0.3 is 15.2 Å². The fourth-order valence-electron chi connectivity index (χ4n) is 1.37. The first kappa shape index (κ1) is 15.9. The molecular formula is C13H15F2NO4. The number of amides is 1. The average Bonchev–Trinajstić information content (AvgIpc) is 2.28. The Kier molecular flexibility index (Phi) is 4.65. The molecule has 0 saturated heterocycles. The minimum absolute atomic E-state index is 0.168. The maximum Gasteiger partial charge on any atom is 0.407 e. The molecule has 0 bridgehead atoms. The molecule has 7 heteroatoms. The Labute approximate surface area is 114 Å². The van der Waals surface area contributed by atoms with Gasteiger partial charge in [-0.25, -0.2) is 18.4 Å². The summed E-state index contributed by atoms with van der Waals surface area (Å²) in [5, 5.41) is 10.9. The van der Waals surface area contributed by atoms with Crippen LogP contribution < -0.4 is 5.32 Å². The van der Waals surface area contributed by atoms with Crippen LogP contribution in [0, 0.1) is 11.6 Å². The fraction of sp³-hybridized carbons (Fsp3) is 0.385. The van der Waals surface area contributed by atoms with Crippen molar-refractivity contribution in [3.8, 4) is 0 Å². The number of carbonyl (C=O) groups excluding carboxylic acids is 1. The number of nitrogens with one attached hydrogen (secondary N) is 1. The Morgan fingerprint density at radius 3 is 2.35 bits per heavy atom. The summed E-state index contributed by atoms with van der Waals surface area (Å²) < 4.78 is 31.9. The summed E-state index contributed by atoms with van der Waals surface area (Å²) in [5.41, 5.74) is -1.64. The zero-order valence-corrected chi connectivity index (χ0v) is 11.3. The van der Waals surface area contributed by atoms with Crippen molar-refractivity contribution in [2.24, 2.45) is 0 Å². The van der Waals surface area contributed by atoms with Crippen molar-refractivity contribution in [1.29, 1.82) is 0 Å². The minimum atomic E-state index is -1.56. The van der Waals surface area contributed by atoms with E-state index in [-0.39, 0.29) is 12.1 Å². The normalized spacial score (nSPS) is 11.1. The van der Waals surface area contributed by atoms with Gasteiger partial charge in [-0.2, -0.15) is 0 Å². The first-order valence-corrected chi connectivity index (χ1v) is 5.79. The molecule has 1 amide bonds. The Morgan fingerprint density at radius 2 is 1.85 bits per heavy atom. The van der Waals surface area contributed by atoms with Crippen molar-refractivity contribution in [3.63, 3.8) is 0 Å². The zero-order valence-electron chi connectivity index (χ0n) is 11.3. The topological polar surface area (TPSA) is 75.6 Å². The summed E-state index contributed by atoms with van der Waals surface area (Å²) >= 11 is 0. The van der Waals surface area contributed by atoms with Crippen LogP contribution >= 0.6 is 0 Å². The van der Waals surface area contributed by atoms with Crippen LogP contribution in [-0.2, 0) is 11.3 Å². The van der Waals surface area contributed by atoms with Crippen LogP contribution in [0.15, 0.2) is 12.1 Å². The molecule has 0 saturated carbocycles. The predicted molar refractivity (Wildman–Crippen MR) is 66.4 cm³/mol. The highest BCUT2D eigenvalue weighted by molar-refractivity contribution is 5.88. The molecule has 0 aromatic heterocycles. The van der Waals surface area contributed by atoms with E-state index in [2.05, 4.69) is 5.32 Å². The van der Waals surface area contributed by atoms with E-state index in [0.29, 0.717) is 0 Å². The van der Waals surface area contributed by atoms with Crippen LogP contribution in [0.2, 0.25) is 0 Å². The van der Waals surface area contributed by atoms with Crippen LogP contribution in [0.1, 0.15) is 36.7 Å². The Morgan fingerprint density at radius 1 is 1.25 bits per heavy atom. The SMILES string of the molecule is CC(C)(C)OC(=O)NCc1ccc(C(=O)O)c(F)c1F. The fourth-order valence-corrected chi connectivity index (χ4v) is 1.37. The molecule has 0 unspecified atom stereocenters. The van der Waals surface area contributed by atoms with Gasteiger partial charge in [-0.1, -0.05) is 6.07 Å². The van der Waals surface area contributed by atoms with Crippen molar-refractivity contribution in [3.05, 3.63) is 34.9 Å². The predicted octanol–water partition coefficient (Wildman–Crippen LogP) is 2.69. The van der Waals surface area contributed by atoms with Crippen molar-refractivity contribution >= 4 is 12.1 Å². The second-order valence-electron chi connectivity index (χ2n) is 5.06. The summed E-state index contributed by atoms with van der Waals surface area (Å²) in [6.45, 7) is 4.68. The van der Waals surface area contributed by atoms with Gasteiger partial charge in [0.25, 0.3) is 0 Å². The lowest BCUT2D eigenvalue weighted by atomic mass is 10.1. The lowest BCUT2D eigenvalue weighted by molar-refractivity contribution is 0.0522. The molecule has 0 radical (unpaired) electrons. The third-order valence-electron chi connectivity index (χ3n) is 2.21. The Bertz CT molecular complexity index is 538. The number of alkyl carbamates (subject to hydrolysis) is 1. The summed E-state index contributed by atoms with van der Waals surface area (Å²) in [5.74, 6) is -4.32. The zero-order chi connectivity index (χ0) is 15.5. The first-order chi connectivity index (χ1) is 9.11. The van der Waals surface area contributed by atoms with Gasteiger partial charge in [-0.15, -0.1) is 0 Å². The van der Waals surface area contributed by atoms with Crippen molar-refractivity contribution < 1.29 is 28.2 Å². The van der Waals surface area contributed by atoms with E-state index in [1.165, 1.54) is 0 Å². The van der Waals surface area contributed by atoms with E-state index in [9.17, 15) is 18.4 Å². The number of aromatic carboxylic acids is 1. The van der Waals surface area contributed by atoms with E-state index in [1.807, 2.05) is 0 Å². The molecule has 1 aromatic carbocycles. The number of ether oxygens (including phenoxy) is 1. The molecule has 0 aliphatic heterocycles. The number of hydrogen-bond donors (Lipinski definition) is 2. The highest BCUT2D eigenvalue weighted by atomic mass is 19.2. The molecule has 0 spiro atoms. The first-order valence-electron chi connectivity index (χ1n) is 5.79. The number of halogens is 2. The molecule has 110 valence electrons. The second kappa shape index (κ2) is 5.85. The quantitative estimate of drug-likeness (QED) is 0.896. The monoisotopic (exact) mass is 287 g/mol. The molecule has 1 rings (SSSR count). The third-order valence-corrected chi connectivity index (χ3v) is 2.21. The lowest BCUT2D eigenvalue weighted by Gasteiger charge is -2.19. The molecule has 5 nitrogen and oxygen atoms in total. The summed E-state index contributed by atoms with van der Waals surface area (Å²) in [4.78, 5) is 22.0. The highest BCUT2D eigenvalue weighted by Crippen LogP contribution is 2.16. The lowest BCUT2D eigenvalue weighted by Crippen LogP contribution is -2.32. The van der Waals surface area contributed by atoms with Gasteiger partial charge in [0.15, 0.2) is 11.6 Å². The van der Waals surface area contributed by atoms with E-state index in [4.69, 9.17) is 9.84 Å². The number of rotatable bonds is 3. The van der Waals surface area contributed by atoms with E-state index in [0.717, 1.165) is 12.1 Å². The van der Waals surface area contributed by atoms with Crippen LogP contribution in [0.25, 0.3) is 0 Å². The van der Waals surface area contributed by atoms with Crippen LogP contribution in [-0.4, -0.2) is 22.8 Å².